The van der Waals surface area contributed by atoms with Crippen molar-refractivity contribution in [3.05, 3.63) is 54.1 Å². The van der Waals surface area contributed by atoms with E-state index in [1.807, 2.05) is 29.2 Å². The van der Waals surface area contributed by atoms with Crippen LogP contribution in [0.4, 0.5) is 5.69 Å². The van der Waals surface area contributed by atoms with Crippen molar-refractivity contribution in [2.24, 2.45) is 0 Å². The molecule has 0 aliphatic carbocycles. The molecule has 0 unspecified atom stereocenters. The van der Waals surface area contributed by atoms with E-state index in [-0.39, 0.29) is 24.4 Å². The van der Waals surface area contributed by atoms with Crippen LogP contribution in [0, 0.1) is 0 Å². The Kier molecular flexibility index (Phi) is 7.24. The zero-order valence-corrected chi connectivity index (χ0v) is 18.4. The lowest BCUT2D eigenvalue weighted by Gasteiger charge is -2.40. The number of fused-ring (bicyclic) bond motifs is 1. The topological polar surface area (TPSA) is 83.1 Å². The number of hydrogen-bond acceptors (Lipinski definition) is 6. The number of amides is 2. The lowest BCUT2D eigenvalue weighted by molar-refractivity contribution is -0.130. The second kappa shape index (κ2) is 10.5. The summed E-state index contributed by atoms with van der Waals surface area (Å²) in [4.78, 5) is 29.5. The summed E-state index contributed by atoms with van der Waals surface area (Å²) in [6.45, 7) is 4.14. The molecule has 1 fully saturated rings. The third-order valence-corrected chi connectivity index (χ3v) is 5.75. The highest BCUT2D eigenvalue weighted by atomic mass is 16.5. The van der Waals surface area contributed by atoms with Gasteiger partial charge in [-0.2, -0.15) is 0 Å². The monoisotopic (exact) mass is 438 g/mol. The molecule has 8 heteroatoms. The van der Waals surface area contributed by atoms with E-state index >= 15 is 0 Å². The van der Waals surface area contributed by atoms with Gasteiger partial charge in [-0.1, -0.05) is 30.3 Å². The quantitative estimate of drug-likeness (QED) is 0.715. The minimum Gasteiger partial charge on any atom is -0.490 e. The second-order valence-corrected chi connectivity index (χ2v) is 8.08. The lowest BCUT2D eigenvalue weighted by Crippen LogP contribution is -2.59. The molecule has 2 aliphatic rings. The lowest BCUT2D eigenvalue weighted by atomic mass is 10.1. The van der Waals surface area contributed by atoms with Crippen molar-refractivity contribution in [1.29, 1.82) is 0 Å². The number of carbonyl (C=O) groups is 2. The molecule has 4 rings (SSSR count). The molecule has 2 aliphatic heterocycles. The molecule has 0 radical (unpaired) electrons. The fourth-order valence-corrected chi connectivity index (χ4v) is 4.09. The van der Waals surface area contributed by atoms with Crippen LogP contribution in [-0.4, -0.2) is 74.1 Å². The summed E-state index contributed by atoms with van der Waals surface area (Å²) >= 11 is 0. The van der Waals surface area contributed by atoms with E-state index in [0.29, 0.717) is 43.5 Å². The molecule has 0 saturated carbocycles. The highest BCUT2D eigenvalue weighted by Gasteiger charge is 2.33. The maximum Gasteiger partial charge on any atom is 0.238 e. The van der Waals surface area contributed by atoms with E-state index in [0.717, 1.165) is 19.5 Å². The van der Waals surface area contributed by atoms with Gasteiger partial charge in [0.1, 0.15) is 6.04 Å². The van der Waals surface area contributed by atoms with Crippen LogP contribution in [0.3, 0.4) is 0 Å². The second-order valence-electron chi connectivity index (χ2n) is 8.08. The van der Waals surface area contributed by atoms with Crippen LogP contribution in [0.1, 0.15) is 12.0 Å². The Morgan fingerprint density at radius 1 is 1.03 bits per heavy atom. The van der Waals surface area contributed by atoms with Crippen LogP contribution in [0.2, 0.25) is 0 Å². The first-order chi connectivity index (χ1) is 15.6. The molecule has 0 spiro atoms. The largest absolute Gasteiger partial charge is 0.490 e. The minimum absolute atomic E-state index is 0.0776. The van der Waals surface area contributed by atoms with Gasteiger partial charge in [-0.15, -0.1) is 0 Å². The Balaban J connectivity index is 1.37. The number of piperazine rings is 1. The molecule has 0 aromatic heterocycles. The Labute approximate surface area is 188 Å². The number of carbonyl (C=O) groups excluding carboxylic acids is 2. The van der Waals surface area contributed by atoms with Gasteiger partial charge in [0.25, 0.3) is 0 Å². The van der Waals surface area contributed by atoms with Crippen molar-refractivity contribution < 1.29 is 19.1 Å². The van der Waals surface area contributed by atoms with Gasteiger partial charge in [0, 0.05) is 51.4 Å². The zero-order valence-electron chi connectivity index (χ0n) is 18.4. The molecule has 1 saturated heterocycles. The Bertz CT molecular complexity index is 937. The van der Waals surface area contributed by atoms with Crippen LogP contribution in [0.5, 0.6) is 11.5 Å². The van der Waals surface area contributed by atoms with Gasteiger partial charge in [0.2, 0.25) is 11.8 Å². The molecule has 2 heterocycles. The number of likely N-dealkylation sites (N-methyl/N-ethyl adjacent to an activating group) is 1. The van der Waals surface area contributed by atoms with E-state index < -0.39 is 0 Å². The third kappa shape index (κ3) is 5.57. The molecule has 2 aromatic rings. The van der Waals surface area contributed by atoms with Crippen molar-refractivity contribution in [2.75, 3.05) is 51.8 Å². The van der Waals surface area contributed by atoms with E-state index in [1.165, 1.54) is 5.56 Å². The summed E-state index contributed by atoms with van der Waals surface area (Å²) in [7, 11) is 1.63. The predicted molar refractivity (Wildman–Crippen MR) is 122 cm³/mol. The molecule has 2 N–H and O–H groups in total. The van der Waals surface area contributed by atoms with Crippen LogP contribution >= 0.6 is 0 Å². The predicted octanol–water partition coefficient (Wildman–Crippen LogP) is 1.72. The summed E-state index contributed by atoms with van der Waals surface area (Å²) in [5.74, 6) is 1.09. The highest BCUT2D eigenvalue weighted by molar-refractivity contribution is 5.93. The molecular formula is C24H30N4O4. The van der Waals surface area contributed by atoms with Gasteiger partial charge in [0.05, 0.1) is 19.8 Å². The zero-order chi connectivity index (χ0) is 22.3. The van der Waals surface area contributed by atoms with Crippen molar-refractivity contribution in [3.63, 3.8) is 0 Å². The summed E-state index contributed by atoms with van der Waals surface area (Å²) in [6, 6.07) is 15.2. The summed E-state index contributed by atoms with van der Waals surface area (Å²) in [6.07, 6.45) is 0.827. The normalized spacial score (nSPS) is 19.1. The highest BCUT2D eigenvalue weighted by Crippen LogP contribution is 2.32. The molecule has 8 nitrogen and oxygen atoms in total. The summed E-state index contributed by atoms with van der Waals surface area (Å²) in [5.41, 5.74) is 1.86. The van der Waals surface area contributed by atoms with Gasteiger partial charge < -0.3 is 20.1 Å². The molecule has 2 aromatic carbocycles. The van der Waals surface area contributed by atoms with Crippen molar-refractivity contribution in [2.45, 2.75) is 19.0 Å². The molecule has 1 atom stereocenters. The van der Waals surface area contributed by atoms with Crippen molar-refractivity contribution in [1.82, 2.24) is 15.1 Å². The SMILES string of the molecule is CNC(=O)[C@@H]1CN(Cc2ccccc2)CCN1CC(=O)Nc1ccc2c(c1)OCCCO2. The fraction of sp³-hybridized carbons (Fsp3) is 0.417. The number of rotatable bonds is 6. The number of nitrogens with one attached hydrogen (secondary N) is 2. The van der Waals surface area contributed by atoms with E-state index in [1.54, 1.807) is 19.2 Å². The number of ether oxygens (including phenoxy) is 2. The summed E-state index contributed by atoms with van der Waals surface area (Å²) < 4.78 is 11.3. The first kappa shape index (κ1) is 22.1. The van der Waals surface area contributed by atoms with Crippen LogP contribution in [-0.2, 0) is 16.1 Å². The van der Waals surface area contributed by atoms with Crippen LogP contribution < -0.4 is 20.1 Å². The van der Waals surface area contributed by atoms with Gasteiger partial charge in [-0.25, -0.2) is 0 Å². The Hall–Kier alpha value is -3.10. The average molecular weight is 439 g/mol. The van der Waals surface area contributed by atoms with Crippen molar-refractivity contribution >= 4 is 17.5 Å². The molecule has 32 heavy (non-hydrogen) atoms. The van der Waals surface area contributed by atoms with E-state index in [4.69, 9.17) is 9.47 Å². The smallest absolute Gasteiger partial charge is 0.238 e. The van der Waals surface area contributed by atoms with Gasteiger partial charge in [0.15, 0.2) is 11.5 Å². The van der Waals surface area contributed by atoms with Crippen molar-refractivity contribution in [3.8, 4) is 11.5 Å². The molecule has 2 amide bonds. The Morgan fingerprint density at radius 3 is 2.59 bits per heavy atom. The third-order valence-electron chi connectivity index (χ3n) is 5.75. The van der Waals surface area contributed by atoms with Crippen LogP contribution in [0.25, 0.3) is 0 Å². The summed E-state index contributed by atoms with van der Waals surface area (Å²) in [5, 5.41) is 5.67. The molecule has 0 bridgehead atoms. The van der Waals surface area contributed by atoms with Crippen LogP contribution in [0.15, 0.2) is 48.5 Å². The van der Waals surface area contributed by atoms with E-state index in [2.05, 4.69) is 27.7 Å². The number of nitrogens with zero attached hydrogens (tertiary/aromatic N) is 2. The fourth-order valence-electron chi connectivity index (χ4n) is 4.09. The maximum absolute atomic E-state index is 12.8. The average Bonchev–Trinajstić information content (AvgIpc) is 3.05. The van der Waals surface area contributed by atoms with Gasteiger partial charge in [-0.3, -0.25) is 19.4 Å². The number of anilines is 1. The number of hydrogen-bond donors (Lipinski definition) is 2. The maximum atomic E-state index is 12.8. The molecular weight excluding hydrogens is 408 g/mol. The number of benzene rings is 2. The standard InChI is InChI=1S/C24H30N4O4/c1-25-24(30)20-16-27(15-18-6-3-2-4-7-18)10-11-28(20)17-23(29)26-19-8-9-21-22(14-19)32-13-5-12-31-21/h2-4,6-9,14,20H,5,10-13,15-17H2,1H3,(H,25,30)(H,26,29)/t20-/m0/s1. The molecule has 170 valence electrons. The first-order valence-corrected chi connectivity index (χ1v) is 11.0. The van der Waals surface area contributed by atoms with E-state index in [9.17, 15) is 9.59 Å². The first-order valence-electron chi connectivity index (χ1n) is 11.0. The van der Waals surface area contributed by atoms with Gasteiger partial charge >= 0.3 is 0 Å². The van der Waals surface area contributed by atoms with Gasteiger partial charge in [-0.05, 0) is 17.7 Å². The minimum atomic E-state index is -0.382. The Morgan fingerprint density at radius 2 is 1.81 bits per heavy atom.